The van der Waals surface area contributed by atoms with Gasteiger partial charge in [0, 0.05) is 21.2 Å². The molecule has 2 aromatic rings. The number of amides is 1. The highest BCUT2D eigenvalue weighted by Crippen LogP contribution is 2.58. The quantitative estimate of drug-likeness (QED) is 0.608. The minimum atomic E-state index is -0.392. The first-order chi connectivity index (χ1) is 15.2. The summed E-state index contributed by atoms with van der Waals surface area (Å²) in [5.74, 6) is 0.984. The normalized spacial score (nSPS) is 23.7. The summed E-state index contributed by atoms with van der Waals surface area (Å²) < 4.78 is 6.66. The lowest BCUT2D eigenvalue weighted by atomic mass is 9.69. The van der Waals surface area contributed by atoms with Gasteiger partial charge in [0.25, 0.3) is 0 Å². The molecule has 1 N–H and O–H groups in total. The number of carbonyl (C=O) groups is 2. The minimum absolute atomic E-state index is 0.0136. The third-order valence-corrected chi connectivity index (χ3v) is 9.26. The van der Waals surface area contributed by atoms with Gasteiger partial charge in [-0.2, -0.15) is 0 Å². The highest BCUT2D eigenvalue weighted by molar-refractivity contribution is 8.00. The topological polar surface area (TPSA) is 77.4 Å². The monoisotopic (exact) mass is 474 g/mol. The molecule has 0 bridgehead atoms. The second kappa shape index (κ2) is 9.06. The van der Waals surface area contributed by atoms with Gasteiger partial charge in [-0.25, -0.2) is 4.79 Å². The summed E-state index contributed by atoms with van der Waals surface area (Å²) in [6, 6.07) is 6.58. The predicted molar refractivity (Wildman–Crippen MR) is 129 cm³/mol. The van der Waals surface area contributed by atoms with E-state index in [1.165, 1.54) is 29.1 Å². The first-order valence-electron chi connectivity index (χ1n) is 11.2. The first-order valence-corrected chi connectivity index (χ1v) is 12.8. The van der Waals surface area contributed by atoms with Gasteiger partial charge in [-0.1, -0.05) is 38.5 Å². The van der Waals surface area contributed by atoms with E-state index < -0.39 is 5.97 Å². The van der Waals surface area contributed by atoms with Crippen molar-refractivity contribution < 1.29 is 14.3 Å². The lowest BCUT2D eigenvalue weighted by Crippen LogP contribution is -2.39. The number of rotatable bonds is 5. The maximum Gasteiger partial charge on any atom is 0.338 e. The standard InChI is InChI=1S/C24H30N2O4S2/c1-5-30-22(28)15-7-9-16(10-8-15)25-19(27)13-26-21-20(31-23(26)29)17-12-14(2)6-11-18(17)24(3,4)32-21/h7-10,14,17-18H,5-6,11-13H2,1-4H3,(H,25,27)/t14-,17-,18-/m1/s1. The van der Waals surface area contributed by atoms with E-state index in [0.717, 1.165) is 11.4 Å². The summed E-state index contributed by atoms with van der Waals surface area (Å²) in [7, 11) is 0. The van der Waals surface area contributed by atoms with Gasteiger partial charge in [-0.15, -0.1) is 11.8 Å². The number of fused-ring (bicyclic) bond motifs is 3. The second-order valence-corrected chi connectivity index (χ2v) is 11.9. The summed E-state index contributed by atoms with van der Waals surface area (Å²) in [6.07, 6.45) is 3.55. The number of hydrogen-bond acceptors (Lipinski definition) is 6. The molecule has 2 aliphatic rings. The molecule has 1 aromatic carbocycles. The summed E-state index contributed by atoms with van der Waals surface area (Å²) in [5.41, 5.74) is 1.01. The van der Waals surface area contributed by atoms with Crippen molar-refractivity contribution in [3.05, 3.63) is 44.4 Å². The Hall–Kier alpha value is -2.06. The minimum Gasteiger partial charge on any atom is -0.462 e. The van der Waals surface area contributed by atoms with E-state index >= 15 is 0 Å². The molecule has 6 nitrogen and oxygen atoms in total. The van der Waals surface area contributed by atoms with Gasteiger partial charge in [-0.3, -0.25) is 14.2 Å². The SMILES string of the molecule is CCOC(=O)c1ccc(NC(=O)Cn2c3c(sc2=O)[C@@H]2C[C@H](C)CC[C@H]2C(C)(C)S3)cc1. The maximum absolute atomic E-state index is 12.9. The van der Waals surface area contributed by atoms with Crippen LogP contribution in [0.15, 0.2) is 34.1 Å². The van der Waals surface area contributed by atoms with Crippen LogP contribution >= 0.6 is 23.1 Å². The number of thiazole rings is 1. The molecule has 2 heterocycles. The number of thioether (sulfide) groups is 1. The Labute approximate surface area is 196 Å². The fourth-order valence-electron chi connectivity index (χ4n) is 4.96. The van der Waals surface area contributed by atoms with Crippen LogP contribution in [0.1, 0.15) is 68.1 Å². The van der Waals surface area contributed by atoms with Crippen LogP contribution in [-0.4, -0.2) is 27.8 Å². The Morgan fingerprint density at radius 1 is 1.22 bits per heavy atom. The van der Waals surface area contributed by atoms with E-state index in [2.05, 4.69) is 26.1 Å². The van der Waals surface area contributed by atoms with Gasteiger partial charge in [0.2, 0.25) is 5.91 Å². The van der Waals surface area contributed by atoms with Crippen LogP contribution in [-0.2, 0) is 16.1 Å². The number of ether oxygens (including phenoxy) is 1. The van der Waals surface area contributed by atoms with Gasteiger partial charge >= 0.3 is 10.8 Å². The van der Waals surface area contributed by atoms with Crippen molar-refractivity contribution >= 4 is 40.7 Å². The van der Waals surface area contributed by atoms with Crippen LogP contribution in [0.2, 0.25) is 0 Å². The van der Waals surface area contributed by atoms with E-state index in [1.807, 2.05) is 0 Å². The molecule has 1 aliphatic carbocycles. The molecule has 8 heteroatoms. The molecule has 32 heavy (non-hydrogen) atoms. The van der Waals surface area contributed by atoms with E-state index in [4.69, 9.17) is 4.74 Å². The molecular formula is C24H30N2O4S2. The molecule has 1 aromatic heterocycles. The Bertz CT molecular complexity index is 1070. The zero-order chi connectivity index (χ0) is 23.0. The highest BCUT2D eigenvalue weighted by atomic mass is 32.2. The average molecular weight is 475 g/mol. The van der Waals surface area contributed by atoms with Crippen molar-refractivity contribution in [2.24, 2.45) is 11.8 Å². The van der Waals surface area contributed by atoms with E-state index in [9.17, 15) is 14.4 Å². The van der Waals surface area contributed by atoms with Gasteiger partial charge in [0.05, 0.1) is 17.2 Å². The lowest BCUT2D eigenvalue weighted by molar-refractivity contribution is -0.116. The number of benzene rings is 1. The molecule has 1 aliphatic heterocycles. The Balaban J connectivity index is 1.52. The predicted octanol–water partition coefficient (Wildman–Crippen LogP) is 5.13. The number of aromatic nitrogens is 1. The Morgan fingerprint density at radius 3 is 2.62 bits per heavy atom. The Kier molecular flexibility index (Phi) is 6.54. The first kappa shape index (κ1) is 23.1. The van der Waals surface area contributed by atoms with E-state index in [-0.39, 0.29) is 22.1 Å². The smallest absolute Gasteiger partial charge is 0.338 e. The number of nitrogens with one attached hydrogen (secondary N) is 1. The molecule has 3 atom stereocenters. The third kappa shape index (κ3) is 4.53. The zero-order valence-corrected chi connectivity index (χ0v) is 20.6. The highest BCUT2D eigenvalue weighted by Gasteiger charge is 2.47. The zero-order valence-electron chi connectivity index (χ0n) is 19.0. The molecule has 0 spiro atoms. The molecule has 1 saturated carbocycles. The largest absolute Gasteiger partial charge is 0.462 e. The summed E-state index contributed by atoms with van der Waals surface area (Å²) in [6.45, 7) is 8.89. The number of carbonyl (C=O) groups excluding carboxylic acids is 2. The van der Waals surface area contributed by atoms with Crippen LogP contribution in [0.5, 0.6) is 0 Å². The van der Waals surface area contributed by atoms with Crippen LogP contribution in [0.25, 0.3) is 0 Å². The van der Waals surface area contributed by atoms with Crippen molar-refractivity contribution in [2.45, 2.75) is 69.2 Å². The average Bonchev–Trinajstić information content (AvgIpc) is 3.03. The molecule has 1 fully saturated rings. The van der Waals surface area contributed by atoms with Crippen LogP contribution in [0.3, 0.4) is 0 Å². The molecule has 4 rings (SSSR count). The summed E-state index contributed by atoms with van der Waals surface area (Å²) in [5, 5.41) is 3.81. The van der Waals surface area contributed by atoms with Gasteiger partial charge in [-0.05, 0) is 55.9 Å². The number of hydrogen-bond donors (Lipinski definition) is 1. The third-order valence-electron chi connectivity index (χ3n) is 6.56. The molecule has 172 valence electrons. The lowest BCUT2D eigenvalue weighted by Gasteiger charge is -2.47. The summed E-state index contributed by atoms with van der Waals surface area (Å²) in [4.78, 5) is 38.5. The van der Waals surface area contributed by atoms with Crippen molar-refractivity contribution in [3.8, 4) is 0 Å². The molecule has 0 saturated heterocycles. The summed E-state index contributed by atoms with van der Waals surface area (Å²) >= 11 is 3.07. The van der Waals surface area contributed by atoms with E-state index in [0.29, 0.717) is 35.6 Å². The fraction of sp³-hybridized carbons (Fsp3) is 0.542. The van der Waals surface area contributed by atoms with Gasteiger partial charge in [0.1, 0.15) is 6.54 Å². The van der Waals surface area contributed by atoms with Crippen molar-refractivity contribution in [2.75, 3.05) is 11.9 Å². The Morgan fingerprint density at radius 2 is 1.94 bits per heavy atom. The van der Waals surface area contributed by atoms with Crippen LogP contribution in [0.4, 0.5) is 5.69 Å². The maximum atomic E-state index is 12.9. The van der Waals surface area contributed by atoms with Crippen molar-refractivity contribution in [1.82, 2.24) is 4.57 Å². The van der Waals surface area contributed by atoms with Crippen molar-refractivity contribution in [3.63, 3.8) is 0 Å². The number of anilines is 1. The number of nitrogens with zero attached hydrogens (tertiary/aromatic N) is 1. The number of esters is 1. The van der Waals surface area contributed by atoms with Crippen LogP contribution < -0.4 is 10.2 Å². The molecule has 1 amide bonds. The molecule has 0 unspecified atom stereocenters. The van der Waals surface area contributed by atoms with Crippen molar-refractivity contribution in [1.29, 1.82) is 0 Å². The second-order valence-electron chi connectivity index (χ2n) is 9.31. The molecular weight excluding hydrogens is 444 g/mol. The fourth-order valence-corrected chi connectivity index (χ4v) is 7.77. The van der Waals surface area contributed by atoms with E-state index in [1.54, 1.807) is 47.5 Å². The van der Waals surface area contributed by atoms with Crippen LogP contribution in [0, 0.1) is 11.8 Å². The molecule has 0 radical (unpaired) electrons. The van der Waals surface area contributed by atoms with Gasteiger partial charge in [0.15, 0.2) is 0 Å². The van der Waals surface area contributed by atoms with Gasteiger partial charge < -0.3 is 10.1 Å².